The summed E-state index contributed by atoms with van der Waals surface area (Å²) < 4.78 is 0. The molecule has 0 spiro atoms. The molecule has 2 heterocycles. The molecule has 0 aliphatic carbocycles. The lowest BCUT2D eigenvalue weighted by Crippen LogP contribution is -2.08. The van der Waals surface area contributed by atoms with Crippen molar-refractivity contribution in [1.82, 2.24) is 9.97 Å². The minimum absolute atomic E-state index is 0.893. The Morgan fingerprint density at radius 2 is 2.06 bits per heavy atom. The van der Waals surface area contributed by atoms with Gasteiger partial charge in [0.1, 0.15) is 18.0 Å². The van der Waals surface area contributed by atoms with E-state index in [-0.39, 0.29) is 0 Å². The van der Waals surface area contributed by atoms with Crippen molar-refractivity contribution in [2.24, 2.45) is 0 Å². The Morgan fingerprint density at radius 1 is 1.22 bits per heavy atom. The highest BCUT2D eigenvalue weighted by Crippen LogP contribution is 2.24. The fourth-order valence-electron chi connectivity index (χ4n) is 1.72. The van der Waals surface area contributed by atoms with Gasteiger partial charge in [-0.05, 0) is 24.3 Å². The van der Waals surface area contributed by atoms with Gasteiger partial charge in [-0.25, -0.2) is 9.97 Å². The fraction of sp³-hybridized carbons (Fsp3) is 0.385. The molecule has 0 unspecified atom stereocenters. The summed E-state index contributed by atoms with van der Waals surface area (Å²) in [6.45, 7) is 5.20. The van der Waals surface area contributed by atoms with E-state index < -0.39 is 0 Å². The summed E-state index contributed by atoms with van der Waals surface area (Å²) in [7, 11) is 0. The highest BCUT2D eigenvalue weighted by Gasteiger charge is 2.09. The first-order valence-corrected chi connectivity index (χ1v) is 7.16. The number of hydrogen-bond acceptors (Lipinski definition) is 5. The molecule has 0 aliphatic heterocycles. The van der Waals surface area contributed by atoms with E-state index in [4.69, 9.17) is 0 Å². The molecule has 4 nitrogen and oxygen atoms in total. The van der Waals surface area contributed by atoms with Crippen LogP contribution in [0.4, 0.5) is 17.3 Å². The van der Waals surface area contributed by atoms with Gasteiger partial charge >= 0.3 is 0 Å². The van der Waals surface area contributed by atoms with E-state index in [1.807, 2.05) is 11.4 Å². The molecule has 0 radical (unpaired) electrons. The van der Waals surface area contributed by atoms with Crippen LogP contribution in [0.3, 0.4) is 0 Å². The zero-order valence-corrected chi connectivity index (χ0v) is 11.5. The van der Waals surface area contributed by atoms with Crippen LogP contribution >= 0.6 is 11.3 Å². The molecular formula is C13H18N4S. The molecule has 2 rings (SSSR count). The van der Waals surface area contributed by atoms with Crippen molar-refractivity contribution in [3.8, 4) is 0 Å². The van der Waals surface area contributed by atoms with Gasteiger partial charge in [0.15, 0.2) is 0 Å². The lowest BCUT2D eigenvalue weighted by Gasteiger charge is -2.13. The Labute approximate surface area is 111 Å². The molecule has 0 atom stereocenters. The van der Waals surface area contributed by atoms with Crippen LogP contribution in [0.1, 0.15) is 25.8 Å². The van der Waals surface area contributed by atoms with Gasteiger partial charge < -0.3 is 10.6 Å². The summed E-state index contributed by atoms with van der Waals surface area (Å²) in [5.41, 5.74) is 2.21. The van der Waals surface area contributed by atoms with Crippen molar-refractivity contribution in [2.45, 2.75) is 26.7 Å². The highest BCUT2D eigenvalue weighted by atomic mass is 32.1. The zero-order valence-electron chi connectivity index (χ0n) is 10.7. The first kappa shape index (κ1) is 12.8. The number of nitrogens with one attached hydrogen (secondary N) is 2. The van der Waals surface area contributed by atoms with E-state index in [0.29, 0.717) is 0 Å². The van der Waals surface area contributed by atoms with E-state index in [9.17, 15) is 0 Å². The molecular weight excluding hydrogens is 244 g/mol. The average molecular weight is 262 g/mol. The second-order valence-corrected chi connectivity index (χ2v) is 4.75. The Hall–Kier alpha value is -1.62. The van der Waals surface area contributed by atoms with Crippen LogP contribution in [0.25, 0.3) is 0 Å². The summed E-state index contributed by atoms with van der Waals surface area (Å²) in [5.74, 6) is 1.83. The van der Waals surface area contributed by atoms with Crippen molar-refractivity contribution in [3.63, 3.8) is 0 Å². The highest BCUT2D eigenvalue weighted by molar-refractivity contribution is 7.08. The van der Waals surface area contributed by atoms with Crippen LogP contribution in [-0.4, -0.2) is 16.5 Å². The number of rotatable bonds is 6. The summed E-state index contributed by atoms with van der Waals surface area (Å²) in [4.78, 5) is 8.65. The summed E-state index contributed by atoms with van der Waals surface area (Å²) >= 11 is 1.67. The van der Waals surface area contributed by atoms with Gasteiger partial charge in [-0.1, -0.05) is 13.8 Å². The van der Waals surface area contributed by atoms with Crippen molar-refractivity contribution in [1.29, 1.82) is 0 Å². The third kappa shape index (κ3) is 2.98. The number of aromatic nitrogens is 2. The normalized spacial score (nSPS) is 10.3. The summed E-state index contributed by atoms with van der Waals surface area (Å²) in [5, 5.41) is 10.8. The van der Waals surface area contributed by atoms with E-state index in [2.05, 4.69) is 39.8 Å². The minimum atomic E-state index is 0.893. The van der Waals surface area contributed by atoms with Gasteiger partial charge in [0, 0.05) is 17.5 Å². The SMILES string of the molecule is CCCNc1ncnc(Nc2ccsc2)c1CC. The number of anilines is 3. The standard InChI is InChI=1S/C13H18N4S/c1-3-6-14-12-11(4-2)13(16-9-15-12)17-10-5-7-18-8-10/h5,7-9H,3-4,6H2,1-2H3,(H2,14,15,16,17). The van der Waals surface area contributed by atoms with Gasteiger partial charge in [-0.15, -0.1) is 0 Å². The number of thiophene rings is 1. The Morgan fingerprint density at radius 3 is 2.72 bits per heavy atom. The van der Waals surface area contributed by atoms with E-state index in [1.54, 1.807) is 17.7 Å². The fourth-order valence-corrected chi connectivity index (χ4v) is 2.31. The van der Waals surface area contributed by atoms with E-state index in [0.717, 1.165) is 42.3 Å². The maximum Gasteiger partial charge on any atom is 0.139 e. The number of hydrogen-bond donors (Lipinski definition) is 2. The first-order chi connectivity index (χ1) is 8.85. The molecule has 0 saturated heterocycles. The third-order valence-corrected chi connectivity index (χ3v) is 3.31. The zero-order chi connectivity index (χ0) is 12.8. The molecule has 0 fully saturated rings. The smallest absolute Gasteiger partial charge is 0.139 e. The second-order valence-electron chi connectivity index (χ2n) is 3.97. The molecule has 18 heavy (non-hydrogen) atoms. The van der Waals surface area contributed by atoms with Crippen LogP contribution in [0.2, 0.25) is 0 Å². The van der Waals surface area contributed by atoms with Gasteiger partial charge in [-0.2, -0.15) is 11.3 Å². The lowest BCUT2D eigenvalue weighted by molar-refractivity contribution is 0.949. The van der Waals surface area contributed by atoms with E-state index in [1.165, 1.54) is 0 Å². The maximum absolute atomic E-state index is 4.34. The molecule has 0 bridgehead atoms. The molecule has 0 saturated carbocycles. The van der Waals surface area contributed by atoms with Crippen molar-refractivity contribution < 1.29 is 0 Å². The van der Waals surface area contributed by atoms with Crippen molar-refractivity contribution >= 4 is 28.7 Å². The van der Waals surface area contributed by atoms with Crippen LogP contribution in [0, 0.1) is 0 Å². The third-order valence-electron chi connectivity index (χ3n) is 2.63. The van der Waals surface area contributed by atoms with Crippen LogP contribution in [0.15, 0.2) is 23.2 Å². The molecule has 5 heteroatoms. The Kier molecular flexibility index (Phi) is 4.52. The van der Waals surface area contributed by atoms with Gasteiger partial charge in [0.25, 0.3) is 0 Å². The van der Waals surface area contributed by atoms with Gasteiger partial charge in [0.05, 0.1) is 5.69 Å². The predicted octanol–water partition coefficient (Wildman–Crippen LogP) is 3.67. The molecule has 96 valence electrons. The van der Waals surface area contributed by atoms with Crippen LogP contribution in [0.5, 0.6) is 0 Å². The maximum atomic E-state index is 4.34. The molecule has 0 amide bonds. The molecule has 0 aromatic carbocycles. The van der Waals surface area contributed by atoms with Crippen molar-refractivity contribution in [3.05, 3.63) is 28.7 Å². The minimum Gasteiger partial charge on any atom is -0.370 e. The van der Waals surface area contributed by atoms with Gasteiger partial charge in [-0.3, -0.25) is 0 Å². The van der Waals surface area contributed by atoms with Crippen molar-refractivity contribution in [2.75, 3.05) is 17.2 Å². The van der Waals surface area contributed by atoms with Crippen LogP contribution < -0.4 is 10.6 Å². The van der Waals surface area contributed by atoms with E-state index >= 15 is 0 Å². The van der Waals surface area contributed by atoms with Crippen LogP contribution in [-0.2, 0) is 6.42 Å². The number of nitrogens with zero attached hydrogens (tertiary/aromatic N) is 2. The largest absolute Gasteiger partial charge is 0.370 e. The Balaban J connectivity index is 2.23. The average Bonchev–Trinajstić information content (AvgIpc) is 2.89. The molecule has 2 aromatic heterocycles. The predicted molar refractivity (Wildman–Crippen MR) is 77.8 cm³/mol. The van der Waals surface area contributed by atoms with Gasteiger partial charge in [0.2, 0.25) is 0 Å². The summed E-state index contributed by atoms with van der Waals surface area (Å²) in [6, 6.07) is 2.05. The summed E-state index contributed by atoms with van der Waals surface area (Å²) in [6.07, 6.45) is 3.59. The molecule has 2 aromatic rings. The molecule has 2 N–H and O–H groups in total. The topological polar surface area (TPSA) is 49.8 Å². The molecule has 0 aliphatic rings. The lowest BCUT2D eigenvalue weighted by atomic mass is 10.2. The second kappa shape index (κ2) is 6.35. The monoisotopic (exact) mass is 262 g/mol. The Bertz CT molecular complexity index is 482. The quantitative estimate of drug-likeness (QED) is 0.834. The first-order valence-electron chi connectivity index (χ1n) is 6.22.